The first-order chi connectivity index (χ1) is 9.87. The fourth-order valence-electron chi connectivity index (χ4n) is 1.89. The zero-order valence-corrected chi connectivity index (χ0v) is 12.5. The van der Waals surface area contributed by atoms with Crippen molar-refractivity contribution in [3.8, 4) is 5.75 Å². The summed E-state index contributed by atoms with van der Waals surface area (Å²) in [5, 5.41) is 9.23. The van der Waals surface area contributed by atoms with Gasteiger partial charge in [-0.25, -0.2) is 12.7 Å². The van der Waals surface area contributed by atoms with Gasteiger partial charge in [0.15, 0.2) is 0 Å². The largest absolute Gasteiger partial charge is 0.508 e. The lowest BCUT2D eigenvalue weighted by atomic mass is 10.2. The maximum Gasteiger partial charge on any atom is 0.218 e. The highest BCUT2D eigenvalue weighted by atomic mass is 32.2. The summed E-state index contributed by atoms with van der Waals surface area (Å²) in [6.45, 7) is 0.261. The van der Waals surface area contributed by atoms with E-state index in [9.17, 15) is 13.5 Å². The number of rotatable bonds is 5. The van der Waals surface area contributed by atoms with Gasteiger partial charge in [-0.1, -0.05) is 24.3 Å². The van der Waals surface area contributed by atoms with E-state index >= 15 is 0 Å². The molecule has 0 aromatic heterocycles. The molecule has 0 aliphatic rings. The molecule has 2 aromatic rings. The van der Waals surface area contributed by atoms with Gasteiger partial charge >= 0.3 is 0 Å². The normalized spacial score (nSPS) is 11.7. The predicted molar refractivity (Wildman–Crippen MR) is 83.1 cm³/mol. The lowest BCUT2D eigenvalue weighted by molar-refractivity contribution is 0.463. The molecular weight excluding hydrogens is 288 g/mol. The number of nitrogens with two attached hydrogens (primary N) is 1. The Hall–Kier alpha value is -2.05. The van der Waals surface area contributed by atoms with Crippen molar-refractivity contribution in [2.75, 3.05) is 12.8 Å². The summed E-state index contributed by atoms with van der Waals surface area (Å²) in [4.78, 5) is 0. The number of benzene rings is 2. The maximum atomic E-state index is 12.3. The lowest BCUT2D eigenvalue weighted by Gasteiger charge is -2.17. The van der Waals surface area contributed by atoms with Crippen LogP contribution in [-0.2, 0) is 22.3 Å². The van der Waals surface area contributed by atoms with Gasteiger partial charge in [0.2, 0.25) is 10.0 Å². The van der Waals surface area contributed by atoms with E-state index in [0.717, 1.165) is 5.56 Å². The highest BCUT2D eigenvalue weighted by Gasteiger charge is 2.18. The number of hydrogen-bond donors (Lipinski definition) is 2. The zero-order valence-electron chi connectivity index (χ0n) is 11.7. The number of phenolic OH excluding ortho intramolecular Hbond substituents is 1. The van der Waals surface area contributed by atoms with Gasteiger partial charge in [-0.05, 0) is 35.4 Å². The first-order valence-electron chi connectivity index (χ1n) is 6.43. The van der Waals surface area contributed by atoms with E-state index in [1.165, 1.54) is 16.4 Å². The van der Waals surface area contributed by atoms with Crippen molar-refractivity contribution in [2.45, 2.75) is 12.3 Å². The summed E-state index contributed by atoms with van der Waals surface area (Å²) in [7, 11) is -1.86. The summed E-state index contributed by atoms with van der Waals surface area (Å²) in [6, 6.07) is 13.3. The lowest BCUT2D eigenvalue weighted by Crippen LogP contribution is -2.27. The molecule has 0 radical (unpaired) electrons. The standard InChI is InChI=1S/C15H18N2O3S/c1-17(10-12-4-8-15(18)9-5-12)21(19,20)11-13-2-6-14(16)7-3-13/h2-9,18H,10-11,16H2,1H3. The average Bonchev–Trinajstić information content (AvgIpc) is 2.43. The van der Waals surface area contributed by atoms with E-state index in [-0.39, 0.29) is 18.0 Å². The van der Waals surface area contributed by atoms with Crippen LogP contribution in [0, 0.1) is 0 Å². The highest BCUT2D eigenvalue weighted by molar-refractivity contribution is 7.88. The monoisotopic (exact) mass is 306 g/mol. The predicted octanol–water partition coefficient (Wildman–Crippen LogP) is 1.94. The fourth-order valence-corrected chi connectivity index (χ4v) is 3.07. The van der Waals surface area contributed by atoms with Gasteiger partial charge in [-0.2, -0.15) is 0 Å². The van der Waals surface area contributed by atoms with Gasteiger partial charge < -0.3 is 10.8 Å². The van der Waals surface area contributed by atoms with Crippen molar-refractivity contribution in [3.63, 3.8) is 0 Å². The smallest absolute Gasteiger partial charge is 0.218 e. The molecular formula is C15H18N2O3S. The van der Waals surface area contributed by atoms with Crippen LogP contribution in [0.25, 0.3) is 0 Å². The first-order valence-corrected chi connectivity index (χ1v) is 8.04. The second kappa shape index (κ2) is 6.15. The second-order valence-electron chi connectivity index (χ2n) is 4.92. The fraction of sp³-hybridized carbons (Fsp3) is 0.200. The molecule has 0 atom stereocenters. The van der Waals surface area contributed by atoms with Crippen LogP contribution in [0.2, 0.25) is 0 Å². The summed E-state index contributed by atoms with van der Waals surface area (Å²) >= 11 is 0. The van der Waals surface area contributed by atoms with Crippen LogP contribution in [0.1, 0.15) is 11.1 Å². The number of anilines is 1. The zero-order chi connectivity index (χ0) is 15.5. The minimum Gasteiger partial charge on any atom is -0.508 e. The number of aromatic hydroxyl groups is 1. The van der Waals surface area contributed by atoms with Crippen LogP contribution in [0.4, 0.5) is 5.69 Å². The van der Waals surface area contributed by atoms with E-state index in [2.05, 4.69) is 0 Å². The number of nitrogens with zero attached hydrogens (tertiary/aromatic N) is 1. The SMILES string of the molecule is CN(Cc1ccc(O)cc1)S(=O)(=O)Cc1ccc(N)cc1. The minimum absolute atomic E-state index is 0.0676. The third-order valence-corrected chi connectivity index (χ3v) is 4.92. The summed E-state index contributed by atoms with van der Waals surface area (Å²) in [5.41, 5.74) is 7.70. The van der Waals surface area contributed by atoms with E-state index in [0.29, 0.717) is 11.3 Å². The molecule has 0 heterocycles. The molecule has 0 aliphatic heterocycles. The molecule has 0 amide bonds. The number of phenols is 1. The molecule has 0 bridgehead atoms. The molecule has 112 valence electrons. The van der Waals surface area contributed by atoms with Crippen molar-refractivity contribution in [1.29, 1.82) is 0 Å². The summed E-state index contributed by atoms with van der Waals surface area (Å²) in [6.07, 6.45) is 0. The Morgan fingerprint density at radius 1 is 1.00 bits per heavy atom. The molecule has 0 saturated heterocycles. The highest BCUT2D eigenvalue weighted by Crippen LogP contribution is 2.16. The molecule has 6 heteroatoms. The molecule has 2 aromatic carbocycles. The van der Waals surface area contributed by atoms with Gasteiger partial charge in [0, 0.05) is 19.3 Å². The van der Waals surface area contributed by atoms with Crippen molar-refractivity contribution < 1.29 is 13.5 Å². The van der Waals surface area contributed by atoms with Crippen LogP contribution in [0.5, 0.6) is 5.75 Å². The van der Waals surface area contributed by atoms with E-state index in [4.69, 9.17) is 5.73 Å². The number of hydrogen-bond acceptors (Lipinski definition) is 4. The van der Waals surface area contributed by atoms with Crippen LogP contribution in [0.3, 0.4) is 0 Å². The number of sulfonamides is 1. The van der Waals surface area contributed by atoms with Crippen LogP contribution >= 0.6 is 0 Å². The Bertz CT molecular complexity index is 695. The van der Waals surface area contributed by atoms with Gasteiger partial charge in [-0.15, -0.1) is 0 Å². The molecule has 21 heavy (non-hydrogen) atoms. The molecule has 2 rings (SSSR count). The van der Waals surface area contributed by atoms with Crippen LogP contribution in [-0.4, -0.2) is 24.9 Å². The topological polar surface area (TPSA) is 83.6 Å². The third-order valence-electron chi connectivity index (χ3n) is 3.15. The first kappa shape index (κ1) is 15.3. The molecule has 3 N–H and O–H groups in total. The van der Waals surface area contributed by atoms with Gasteiger partial charge in [0.1, 0.15) is 5.75 Å². The number of nitrogen functional groups attached to an aromatic ring is 1. The Morgan fingerprint density at radius 2 is 1.52 bits per heavy atom. The van der Waals surface area contributed by atoms with Crippen molar-refractivity contribution in [1.82, 2.24) is 4.31 Å². The summed E-state index contributed by atoms with van der Waals surface area (Å²) < 4.78 is 25.9. The van der Waals surface area contributed by atoms with Crippen molar-refractivity contribution in [2.24, 2.45) is 0 Å². The Morgan fingerprint density at radius 3 is 2.10 bits per heavy atom. The van der Waals surface area contributed by atoms with Gasteiger partial charge in [0.05, 0.1) is 5.75 Å². The molecule has 0 unspecified atom stereocenters. The van der Waals surface area contributed by atoms with Crippen LogP contribution < -0.4 is 5.73 Å². The second-order valence-corrected chi connectivity index (χ2v) is 7.00. The Kier molecular flexibility index (Phi) is 4.50. The Labute approximate surface area is 124 Å². The third kappa shape index (κ3) is 4.21. The molecule has 0 aliphatic carbocycles. The van der Waals surface area contributed by atoms with Crippen LogP contribution in [0.15, 0.2) is 48.5 Å². The summed E-state index contributed by atoms with van der Waals surface area (Å²) in [5.74, 6) is 0.0909. The van der Waals surface area contributed by atoms with Crippen molar-refractivity contribution >= 4 is 15.7 Å². The quantitative estimate of drug-likeness (QED) is 0.827. The van der Waals surface area contributed by atoms with E-state index in [1.807, 2.05) is 0 Å². The molecule has 5 nitrogen and oxygen atoms in total. The van der Waals surface area contributed by atoms with Gasteiger partial charge in [-0.3, -0.25) is 0 Å². The minimum atomic E-state index is -3.40. The maximum absolute atomic E-state index is 12.3. The molecule has 0 spiro atoms. The van der Waals surface area contributed by atoms with Crippen molar-refractivity contribution in [3.05, 3.63) is 59.7 Å². The van der Waals surface area contributed by atoms with E-state index in [1.54, 1.807) is 43.4 Å². The Balaban J connectivity index is 2.07. The van der Waals surface area contributed by atoms with Gasteiger partial charge in [0.25, 0.3) is 0 Å². The average molecular weight is 306 g/mol. The molecule has 0 fully saturated rings. The van der Waals surface area contributed by atoms with E-state index < -0.39 is 10.0 Å². The molecule has 0 saturated carbocycles.